The molecule has 1 amide bonds. The predicted molar refractivity (Wildman–Crippen MR) is 81.9 cm³/mol. The van der Waals surface area contributed by atoms with E-state index < -0.39 is 12.0 Å². The van der Waals surface area contributed by atoms with Crippen molar-refractivity contribution in [3.8, 4) is 0 Å². The van der Waals surface area contributed by atoms with E-state index in [1.807, 2.05) is 26.8 Å². The van der Waals surface area contributed by atoms with Crippen LogP contribution in [0.3, 0.4) is 0 Å². The number of carbonyl (C=O) groups excluding carboxylic acids is 1. The summed E-state index contributed by atoms with van der Waals surface area (Å²) >= 11 is 3.40. The van der Waals surface area contributed by atoms with E-state index in [1.54, 1.807) is 18.2 Å². The Morgan fingerprint density at radius 1 is 1.35 bits per heavy atom. The van der Waals surface area contributed by atoms with Gasteiger partial charge >= 0.3 is 5.97 Å². The van der Waals surface area contributed by atoms with Gasteiger partial charge in [0.05, 0.1) is 0 Å². The molecule has 1 aromatic rings. The van der Waals surface area contributed by atoms with E-state index in [0.29, 0.717) is 5.56 Å². The third-order valence-corrected chi connectivity index (χ3v) is 3.82. The molecule has 0 aromatic heterocycles. The fraction of sp³-hybridized carbons (Fsp3) is 0.333. The Kier molecular flexibility index (Phi) is 5.95. The highest BCUT2D eigenvalue weighted by atomic mass is 79.9. The minimum Gasteiger partial charge on any atom is -0.480 e. The van der Waals surface area contributed by atoms with Gasteiger partial charge in [-0.25, -0.2) is 4.79 Å². The molecule has 0 bridgehead atoms. The van der Waals surface area contributed by atoms with E-state index in [4.69, 9.17) is 5.11 Å². The van der Waals surface area contributed by atoms with Crippen LogP contribution in [0.1, 0.15) is 34.8 Å². The normalized spacial score (nSPS) is 12.4. The summed E-state index contributed by atoms with van der Waals surface area (Å²) in [5.41, 5.74) is 2.23. The van der Waals surface area contributed by atoms with Gasteiger partial charge in [0.2, 0.25) is 0 Å². The number of aryl methyl sites for hydroxylation is 2. The minimum absolute atomic E-state index is 0.270. The molecule has 20 heavy (non-hydrogen) atoms. The molecule has 0 aliphatic carbocycles. The summed E-state index contributed by atoms with van der Waals surface area (Å²) in [6.45, 7) is 5.51. The zero-order valence-corrected chi connectivity index (χ0v) is 13.3. The number of carboxylic acid groups (broad SMARTS) is 1. The highest BCUT2D eigenvalue weighted by Crippen LogP contribution is 2.21. The number of amides is 1. The monoisotopic (exact) mass is 339 g/mol. The van der Waals surface area contributed by atoms with Gasteiger partial charge in [-0.3, -0.25) is 4.79 Å². The highest BCUT2D eigenvalue weighted by Gasteiger charge is 2.20. The number of nitrogens with one attached hydrogen (secondary N) is 1. The van der Waals surface area contributed by atoms with Crippen LogP contribution in [-0.2, 0) is 4.79 Å². The first-order valence-electron chi connectivity index (χ1n) is 6.28. The molecule has 108 valence electrons. The molecule has 1 unspecified atom stereocenters. The maximum absolute atomic E-state index is 12.2. The zero-order valence-electron chi connectivity index (χ0n) is 11.7. The maximum Gasteiger partial charge on any atom is 0.326 e. The van der Waals surface area contributed by atoms with Gasteiger partial charge in [0.1, 0.15) is 6.04 Å². The third kappa shape index (κ3) is 4.20. The molecule has 4 nitrogen and oxygen atoms in total. The molecule has 1 rings (SSSR count). The Morgan fingerprint density at radius 2 is 2.00 bits per heavy atom. The van der Waals surface area contributed by atoms with Gasteiger partial charge in [-0.2, -0.15) is 0 Å². The number of benzene rings is 1. The summed E-state index contributed by atoms with van der Waals surface area (Å²) in [6.07, 6.45) is 3.75. The van der Waals surface area contributed by atoms with E-state index in [-0.39, 0.29) is 12.3 Å². The van der Waals surface area contributed by atoms with Crippen molar-refractivity contribution >= 4 is 27.8 Å². The Labute approximate surface area is 127 Å². The molecule has 0 fully saturated rings. The molecule has 0 saturated carbocycles. The Balaban J connectivity index is 2.94. The van der Waals surface area contributed by atoms with Crippen molar-refractivity contribution in [2.24, 2.45) is 0 Å². The van der Waals surface area contributed by atoms with Gasteiger partial charge in [0, 0.05) is 10.0 Å². The Bertz CT molecular complexity index is 552. The Hall–Kier alpha value is -1.62. The van der Waals surface area contributed by atoms with E-state index in [0.717, 1.165) is 15.6 Å². The van der Waals surface area contributed by atoms with Crippen molar-refractivity contribution in [3.63, 3.8) is 0 Å². The number of carboxylic acids is 1. The molecule has 0 aliphatic rings. The summed E-state index contributed by atoms with van der Waals surface area (Å²) in [5.74, 6) is -1.40. The first kappa shape index (κ1) is 16.4. The molecule has 1 aromatic carbocycles. The highest BCUT2D eigenvalue weighted by molar-refractivity contribution is 9.10. The van der Waals surface area contributed by atoms with Crippen LogP contribution in [0.5, 0.6) is 0 Å². The van der Waals surface area contributed by atoms with Crippen molar-refractivity contribution in [1.29, 1.82) is 0 Å². The second kappa shape index (κ2) is 7.24. The van der Waals surface area contributed by atoms with E-state index in [1.165, 1.54) is 0 Å². The molecule has 1 atom stereocenters. The lowest BCUT2D eigenvalue weighted by atomic mass is 10.0. The van der Waals surface area contributed by atoms with Gasteiger partial charge in [-0.1, -0.05) is 28.1 Å². The second-order valence-corrected chi connectivity index (χ2v) is 5.44. The van der Waals surface area contributed by atoms with Gasteiger partial charge in [-0.05, 0) is 50.5 Å². The predicted octanol–water partition coefficient (Wildman–Crippen LogP) is 3.22. The van der Waals surface area contributed by atoms with Crippen LogP contribution in [0.2, 0.25) is 0 Å². The number of halogens is 1. The molecule has 0 radical (unpaired) electrons. The van der Waals surface area contributed by atoms with Crippen LogP contribution in [0.25, 0.3) is 0 Å². The number of rotatable bonds is 5. The van der Waals surface area contributed by atoms with E-state index in [9.17, 15) is 9.59 Å². The molecule has 0 spiro atoms. The molecule has 0 aliphatic heterocycles. The van der Waals surface area contributed by atoms with E-state index >= 15 is 0 Å². The van der Waals surface area contributed by atoms with Crippen LogP contribution in [0, 0.1) is 13.8 Å². The summed E-state index contributed by atoms with van der Waals surface area (Å²) in [5, 5.41) is 11.7. The maximum atomic E-state index is 12.2. The van der Waals surface area contributed by atoms with E-state index in [2.05, 4.69) is 21.2 Å². The number of hydrogen-bond donors (Lipinski definition) is 2. The first-order chi connectivity index (χ1) is 9.36. The number of carbonyl (C=O) groups is 2. The topological polar surface area (TPSA) is 66.4 Å². The minimum atomic E-state index is -1.04. The number of allylic oxidation sites excluding steroid dienone is 1. The average molecular weight is 340 g/mol. The van der Waals surface area contributed by atoms with Crippen molar-refractivity contribution in [2.75, 3.05) is 0 Å². The SMILES string of the molecule is C/C=C/CC(NC(=O)c1cc(C)c(Br)cc1C)C(=O)O. The molecule has 2 N–H and O–H groups in total. The quantitative estimate of drug-likeness (QED) is 0.809. The third-order valence-electron chi connectivity index (χ3n) is 2.96. The van der Waals surface area contributed by atoms with Crippen LogP contribution in [0.4, 0.5) is 0 Å². The summed E-state index contributed by atoms with van der Waals surface area (Å²) < 4.78 is 0.926. The number of hydrogen-bond acceptors (Lipinski definition) is 2. The van der Waals surface area contributed by atoms with Gasteiger partial charge in [0.25, 0.3) is 5.91 Å². The smallest absolute Gasteiger partial charge is 0.326 e. The zero-order chi connectivity index (χ0) is 15.3. The lowest BCUT2D eigenvalue weighted by molar-refractivity contribution is -0.139. The van der Waals surface area contributed by atoms with Crippen LogP contribution < -0.4 is 5.32 Å². The average Bonchev–Trinajstić information content (AvgIpc) is 2.38. The van der Waals surface area contributed by atoms with Crippen LogP contribution >= 0.6 is 15.9 Å². The fourth-order valence-corrected chi connectivity index (χ4v) is 2.21. The van der Waals surface area contributed by atoms with Gasteiger partial charge in [-0.15, -0.1) is 0 Å². The first-order valence-corrected chi connectivity index (χ1v) is 7.07. The standard InChI is InChI=1S/C15H18BrNO3/c1-4-5-6-13(15(19)20)17-14(18)11-7-10(3)12(16)8-9(11)2/h4-5,7-8,13H,6H2,1-3H3,(H,17,18)(H,19,20)/b5-4+. The number of aliphatic carboxylic acids is 1. The molecular formula is C15H18BrNO3. The van der Waals surface area contributed by atoms with Gasteiger partial charge in [0.15, 0.2) is 0 Å². The largest absolute Gasteiger partial charge is 0.480 e. The Morgan fingerprint density at radius 3 is 2.55 bits per heavy atom. The molecule has 0 saturated heterocycles. The summed E-state index contributed by atoms with van der Waals surface area (Å²) in [6, 6.07) is 2.69. The summed E-state index contributed by atoms with van der Waals surface area (Å²) in [4.78, 5) is 23.3. The van der Waals surface area contributed by atoms with Crippen molar-refractivity contribution in [3.05, 3.63) is 45.4 Å². The van der Waals surface area contributed by atoms with Crippen LogP contribution in [-0.4, -0.2) is 23.0 Å². The van der Waals surface area contributed by atoms with Gasteiger partial charge < -0.3 is 10.4 Å². The van der Waals surface area contributed by atoms with Crippen molar-refractivity contribution in [2.45, 2.75) is 33.2 Å². The van der Waals surface area contributed by atoms with Crippen LogP contribution in [0.15, 0.2) is 28.8 Å². The summed E-state index contributed by atoms with van der Waals surface area (Å²) in [7, 11) is 0. The van der Waals surface area contributed by atoms with Crippen molar-refractivity contribution < 1.29 is 14.7 Å². The lowest BCUT2D eigenvalue weighted by Gasteiger charge is -2.14. The molecule has 0 heterocycles. The molecular weight excluding hydrogens is 322 g/mol. The second-order valence-electron chi connectivity index (χ2n) is 4.59. The van der Waals surface area contributed by atoms with Crippen molar-refractivity contribution in [1.82, 2.24) is 5.32 Å². The molecule has 5 heteroatoms. The lowest BCUT2D eigenvalue weighted by Crippen LogP contribution is -2.40. The fourth-order valence-electron chi connectivity index (χ4n) is 1.76.